The van der Waals surface area contributed by atoms with Crippen LogP contribution >= 0.6 is 11.5 Å². The summed E-state index contributed by atoms with van der Waals surface area (Å²) < 4.78 is 4.40. The number of pyridine rings is 1. The highest BCUT2D eigenvalue weighted by Gasteiger charge is 2.18. The normalized spacial score (nSPS) is 16.1. The van der Waals surface area contributed by atoms with Crippen molar-refractivity contribution in [3.05, 3.63) is 29.8 Å². The van der Waals surface area contributed by atoms with Gasteiger partial charge in [-0.25, -0.2) is 4.98 Å². The molecule has 0 amide bonds. The molecule has 1 saturated heterocycles. The Labute approximate surface area is 129 Å². The van der Waals surface area contributed by atoms with Gasteiger partial charge in [0.25, 0.3) is 0 Å². The Morgan fingerprint density at radius 2 is 2.00 bits per heavy atom. The van der Waals surface area contributed by atoms with Gasteiger partial charge in [-0.1, -0.05) is 6.92 Å². The van der Waals surface area contributed by atoms with E-state index in [1.165, 1.54) is 17.2 Å². The summed E-state index contributed by atoms with van der Waals surface area (Å²) >= 11 is 1.53. The molecule has 2 aromatic heterocycles. The van der Waals surface area contributed by atoms with Gasteiger partial charge in [-0.3, -0.25) is 4.98 Å². The van der Waals surface area contributed by atoms with Crippen LogP contribution in [0.3, 0.4) is 0 Å². The maximum Gasteiger partial charge on any atom is 0.205 e. The molecule has 0 atom stereocenters. The summed E-state index contributed by atoms with van der Waals surface area (Å²) in [6.07, 6.45) is 3.95. The fraction of sp³-hybridized carbons (Fsp3) is 0.533. The first-order valence-corrected chi connectivity index (χ1v) is 8.28. The second kappa shape index (κ2) is 6.39. The Morgan fingerprint density at radius 3 is 2.76 bits per heavy atom. The predicted molar refractivity (Wildman–Crippen MR) is 87.3 cm³/mol. The molecule has 3 rings (SSSR count). The van der Waals surface area contributed by atoms with Gasteiger partial charge in [0, 0.05) is 61.7 Å². The Hall–Kier alpha value is -1.69. The van der Waals surface area contributed by atoms with Gasteiger partial charge in [-0.15, -0.1) is 0 Å². The Kier molecular flexibility index (Phi) is 4.34. The zero-order valence-corrected chi connectivity index (χ0v) is 13.4. The van der Waals surface area contributed by atoms with Crippen molar-refractivity contribution in [2.75, 3.05) is 36.0 Å². The standard InChI is InChI=1S/C15H21N5S/c1-3-14-17-15(21-18-14)20-8-4-7-19(9-10-20)13-5-6-16-12(2)11-13/h5-6,11H,3-4,7-10H2,1-2H3. The van der Waals surface area contributed by atoms with Crippen LogP contribution in [0, 0.1) is 6.92 Å². The predicted octanol–water partition coefficient (Wildman–Crippen LogP) is 2.52. The molecule has 0 aliphatic carbocycles. The molecule has 5 nitrogen and oxygen atoms in total. The minimum absolute atomic E-state index is 0.909. The lowest BCUT2D eigenvalue weighted by Crippen LogP contribution is -2.30. The van der Waals surface area contributed by atoms with Crippen molar-refractivity contribution in [1.29, 1.82) is 0 Å². The van der Waals surface area contributed by atoms with Crippen molar-refractivity contribution in [2.24, 2.45) is 0 Å². The van der Waals surface area contributed by atoms with E-state index in [4.69, 9.17) is 0 Å². The maximum absolute atomic E-state index is 4.61. The summed E-state index contributed by atoms with van der Waals surface area (Å²) in [4.78, 5) is 13.7. The van der Waals surface area contributed by atoms with Crippen LogP contribution in [0.1, 0.15) is 24.9 Å². The lowest BCUT2D eigenvalue weighted by atomic mass is 10.3. The molecule has 0 radical (unpaired) electrons. The van der Waals surface area contributed by atoms with Crippen molar-refractivity contribution in [1.82, 2.24) is 14.3 Å². The van der Waals surface area contributed by atoms with Crippen molar-refractivity contribution < 1.29 is 0 Å². The van der Waals surface area contributed by atoms with E-state index in [9.17, 15) is 0 Å². The summed E-state index contributed by atoms with van der Waals surface area (Å²) in [5.74, 6) is 0.959. The third-order valence-electron chi connectivity index (χ3n) is 3.79. The first-order valence-electron chi connectivity index (χ1n) is 7.51. The zero-order chi connectivity index (χ0) is 14.7. The van der Waals surface area contributed by atoms with Gasteiger partial charge in [-0.05, 0) is 25.5 Å². The van der Waals surface area contributed by atoms with Gasteiger partial charge in [0.15, 0.2) is 0 Å². The van der Waals surface area contributed by atoms with E-state index in [0.717, 1.165) is 55.7 Å². The molecule has 6 heteroatoms. The topological polar surface area (TPSA) is 45.2 Å². The fourth-order valence-electron chi connectivity index (χ4n) is 2.61. The lowest BCUT2D eigenvalue weighted by Gasteiger charge is -2.23. The summed E-state index contributed by atoms with van der Waals surface area (Å²) in [5, 5.41) is 1.07. The average Bonchev–Trinajstić information content (AvgIpc) is 2.84. The monoisotopic (exact) mass is 303 g/mol. The van der Waals surface area contributed by atoms with Gasteiger partial charge >= 0.3 is 0 Å². The molecule has 0 saturated carbocycles. The van der Waals surface area contributed by atoms with E-state index in [1.807, 2.05) is 13.1 Å². The molecular formula is C15H21N5S. The molecule has 0 spiro atoms. The number of anilines is 2. The molecule has 21 heavy (non-hydrogen) atoms. The van der Waals surface area contributed by atoms with Gasteiger partial charge in [0.2, 0.25) is 5.13 Å². The van der Waals surface area contributed by atoms with Crippen LogP contribution in [0.5, 0.6) is 0 Å². The molecule has 0 N–H and O–H groups in total. The zero-order valence-electron chi connectivity index (χ0n) is 12.6. The Morgan fingerprint density at radius 1 is 1.19 bits per heavy atom. The summed E-state index contributed by atoms with van der Waals surface area (Å²) in [6, 6.07) is 4.26. The van der Waals surface area contributed by atoms with Gasteiger partial charge in [0.05, 0.1) is 0 Å². The van der Waals surface area contributed by atoms with Crippen LogP contribution in [0.15, 0.2) is 18.3 Å². The third kappa shape index (κ3) is 3.32. The Bertz CT molecular complexity index is 597. The quantitative estimate of drug-likeness (QED) is 0.872. The Balaban J connectivity index is 1.69. The molecule has 0 aromatic carbocycles. The van der Waals surface area contributed by atoms with Gasteiger partial charge in [0.1, 0.15) is 5.82 Å². The smallest absolute Gasteiger partial charge is 0.205 e. The van der Waals surface area contributed by atoms with E-state index in [2.05, 4.69) is 43.2 Å². The first-order chi connectivity index (χ1) is 10.3. The number of hydrogen-bond donors (Lipinski definition) is 0. The van der Waals surface area contributed by atoms with Crippen LogP contribution in [-0.4, -0.2) is 40.5 Å². The maximum atomic E-state index is 4.61. The first kappa shape index (κ1) is 14.3. The van der Waals surface area contributed by atoms with Crippen LogP contribution in [0.25, 0.3) is 0 Å². The minimum Gasteiger partial charge on any atom is -0.370 e. The van der Waals surface area contributed by atoms with Crippen LogP contribution < -0.4 is 9.80 Å². The van der Waals surface area contributed by atoms with Crippen LogP contribution in [0.2, 0.25) is 0 Å². The lowest BCUT2D eigenvalue weighted by molar-refractivity contribution is 0.801. The fourth-order valence-corrected chi connectivity index (χ4v) is 3.41. The second-order valence-electron chi connectivity index (χ2n) is 5.33. The number of hydrogen-bond acceptors (Lipinski definition) is 6. The van der Waals surface area contributed by atoms with Crippen LogP contribution in [0.4, 0.5) is 10.8 Å². The molecule has 0 bridgehead atoms. The number of aryl methyl sites for hydroxylation is 2. The largest absolute Gasteiger partial charge is 0.370 e. The van der Waals surface area contributed by atoms with E-state index in [-0.39, 0.29) is 0 Å². The molecular weight excluding hydrogens is 282 g/mol. The molecule has 112 valence electrons. The third-order valence-corrected chi connectivity index (χ3v) is 4.60. The summed E-state index contributed by atoms with van der Waals surface area (Å²) in [6.45, 7) is 8.30. The SMILES string of the molecule is CCc1nsc(N2CCCN(c3ccnc(C)c3)CC2)n1. The second-order valence-corrected chi connectivity index (χ2v) is 6.06. The molecule has 0 unspecified atom stereocenters. The van der Waals surface area contributed by atoms with E-state index < -0.39 is 0 Å². The van der Waals surface area contributed by atoms with Crippen molar-refractivity contribution >= 4 is 22.4 Å². The van der Waals surface area contributed by atoms with E-state index >= 15 is 0 Å². The average molecular weight is 303 g/mol. The van der Waals surface area contributed by atoms with Crippen molar-refractivity contribution in [3.63, 3.8) is 0 Å². The number of nitrogens with zero attached hydrogens (tertiary/aromatic N) is 5. The highest BCUT2D eigenvalue weighted by Crippen LogP contribution is 2.22. The molecule has 2 aromatic rings. The molecule has 3 heterocycles. The molecule has 1 aliphatic heterocycles. The minimum atomic E-state index is 0.909. The highest BCUT2D eigenvalue weighted by molar-refractivity contribution is 7.09. The van der Waals surface area contributed by atoms with Gasteiger partial charge < -0.3 is 9.80 Å². The number of rotatable bonds is 3. The summed E-state index contributed by atoms with van der Waals surface area (Å²) in [5.41, 5.74) is 2.35. The van der Waals surface area contributed by atoms with Crippen molar-refractivity contribution in [3.8, 4) is 0 Å². The molecule has 1 fully saturated rings. The highest BCUT2D eigenvalue weighted by atomic mass is 32.1. The van der Waals surface area contributed by atoms with Crippen molar-refractivity contribution in [2.45, 2.75) is 26.7 Å². The van der Waals surface area contributed by atoms with Crippen LogP contribution in [-0.2, 0) is 6.42 Å². The van der Waals surface area contributed by atoms with E-state index in [0.29, 0.717) is 0 Å². The number of aromatic nitrogens is 3. The van der Waals surface area contributed by atoms with Gasteiger partial charge in [-0.2, -0.15) is 4.37 Å². The van der Waals surface area contributed by atoms with E-state index in [1.54, 1.807) is 0 Å². The molecule has 1 aliphatic rings. The summed E-state index contributed by atoms with van der Waals surface area (Å²) in [7, 11) is 0.